The van der Waals surface area contributed by atoms with Gasteiger partial charge in [-0.2, -0.15) is 0 Å². The number of aryl methyl sites for hydroxylation is 1. The topological polar surface area (TPSA) is 67.1 Å². The van der Waals surface area contributed by atoms with Crippen molar-refractivity contribution in [3.05, 3.63) is 17.7 Å². The molecule has 0 fully saturated rings. The number of anilines is 3. The maximum Gasteiger partial charge on any atom is 0.224 e. The second-order valence-electron chi connectivity index (χ2n) is 6.64. The number of benzene rings is 1. The first-order chi connectivity index (χ1) is 9.29. The molecule has 4 nitrogen and oxygen atoms in total. The zero-order valence-corrected chi connectivity index (χ0v) is 12.8. The van der Waals surface area contributed by atoms with E-state index in [1.807, 2.05) is 12.1 Å². The monoisotopic (exact) mass is 275 g/mol. The van der Waals surface area contributed by atoms with Gasteiger partial charge < -0.3 is 16.4 Å². The molecule has 1 aliphatic heterocycles. The van der Waals surface area contributed by atoms with E-state index in [0.29, 0.717) is 12.3 Å². The van der Waals surface area contributed by atoms with E-state index in [1.54, 1.807) is 0 Å². The normalized spacial score (nSPS) is 14.9. The van der Waals surface area contributed by atoms with Crippen LogP contribution in [0.15, 0.2) is 12.1 Å². The van der Waals surface area contributed by atoms with Crippen LogP contribution in [0.5, 0.6) is 0 Å². The second-order valence-corrected chi connectivity index (χ2v) is 6.64. The summed E-state index contributed by atoms with van der Waals surface area (Å²) in [7, 11) is 0. The largest absolute Gasteiger partial charge is 0.397 e. The van der Waals surface area contributed by atoms with Crippen molar-refractivity contribution in [3.8, 4) is 0 Å². The summed E-state index contributed by atoms with van der Waals surface area (Å²) in [6.07, 6.45) is 1.31. The van der Waals surface area contributed by atoms with Gasteiger partial charge in [-0.1, -0.05) is 27.7 Å². The van der Waals surface area contributed by atoms with Gasteiger partial charge in [0.1, 0.15) is 0 Å². The molecule has 0 aliphatic carbocycles. The molecule has 1 amide bonds. The van der Waals surface area contributed by atoms with Gasteiger partial charge in [-0.05, 0) is 35.4 Å². The molecular formula is C16H25N3O. The number of hydrogen-bond donors (Lipinski definition) is 3. The minimum atomic E-state index is 0.0794. The Balaban J connectivity index is 2.17. The molecule has 1 aromatic rings. The molecule has 1 aliphatic rings. The SMILES string of the molecule is CC(C)C(C)(C)CNc1cc2c(cc1N)CCC(=O)N2. The summed E-state index contributed by atoms with van der Waals surface area (Å²) < 4.78 is 0. The lowest BCUT2D eigenvalue weighted by atomic mass is 9.81. The third-order valence-electron chi connectivity index (χ3n) is 4.47. The molecule has 110 valence electrons. The number of nitrogen functional groups attached to an aromatic ring is 1. The molecule has 0 unspecified atom stereocenters. The van der Waals surface area contributed by atoms with Crippen LogP contribution in [0, 0.1) is 11.3 Å². The van der Waals surface area contributed by atoms with Crippen LogP contribution in [-0.4, -0.2) is 12.5 Å². The average Bonchev–Trinajstić information content (AvgIpc) is 2.36. The quantitative estimate of drug-likeness (QED) is 0.739. The van der Waals surface area contributed by atoms with Crippen LogP contribution in [0.1, 0.15) is 39.7 Å². The number of carbonyl (C=O) groups excluding carboxylic acids is 1. The molecule has 1 aromatic carbocycles. The second kappa shape index (κ2) is 5.35. The maximum atomic E-state index is 11.5. The van der Waals surface area contributed by atoms with Crippen molar-refractivity contribution in [2.75, 3.05) is 22.9 Å². The highest BCUT2D eigenvalue weighted by Crippen LogP contribution is 2.33. The Labute approximate surface area is 121 Å². The number of carbonyl (C=O) groups is 1. The summed E-state index contributed by atoms with van der Waals surface area (Å²) in [6.45, 7) is 9.76. The molecule has 0 saturated heterocycles. The van der Waals surface area contributed by atoms with Crippen LogP contribution in [0.25, 0.3) is 0 Å². The van der Waals surface area contributed by atoms with Gasteiger partial charge >= 0.3 is 0 Å². The average molecular weight is 275 g/mol. The Hall–Kier alpha value is -1.71. The lowest BCUT2D eigenvalue weighted by molar-refractivity contribution is -0.116. The molecular weight excluding hydrogens is 250 g/mol. The molecule has 1 heterocycles. The van der Waals surface area contributed by atoms with Crippen molar-refractivity contribution in [1.29, 1.82) is 0 Å². The van der Waals surface area contributed by atoms with Crippen molar-refractivity contribution in [2.24, 2.45) is 11.3 Å². The summed E-state index contributed by atoms with van der Waals surface area (Å²) in [5, 5.41) is 6.34. The van der Waals surface area contributed by atoms with E-state index in [1.165, 1.54) is 0 Å². The third kappa shape index (κ3) is 3.06. The number of nitrogens with one attached hydrogen (secondary N) is 2. The van der Waals surface area contributed by atoms with Gasteiger partial charge in [0, 0.05) is 18.7 Å². The number of hydrogen-bond acceptors (Lipinski definition) is 3. The first-order valence-electron chi connectivity index (χ1n) is 7.26. The van der Waals surface area contributed by atoms with E-state index in [-0.39, 0.29) is 11.3 Å². The molecule has 20 heavy (non-hydrogen) atoms. The van der Waals surface area contributed by atoms with E-state index in [4.69, 9.17) is 5.73 Å². The van der Waals surface area contributed by atoms with Gasteiger partial charge in [0.25, 0.3) is 0 Å². The maximum absolute atomic E-state index is 11.5. The van der Waals surface area contributed by atoms with Crippen molar-refractivity contribution in [1.82, 2.24) is 0 Å². The molecule has 2 rings (SSSR count). The summed E-state index contributed by atoms with van der Waals surface area (Å²) in [6, 6.07) is 3.93. The molecule has 0 atom stereocenters. The van der Waals surface area contributed by atoms with Crippen LogP contribution < -0.4 is 16.4 Å². The minimum Gasteiger partial charge on any atom is -0.397 e. The molecule has 4 heteroatoms. The Morgan fingerprint density at radius 2 is 2.05 bits per heavy atom. The summed E-state index contributed by atoms with van der Waals surface area (Å²) in [5.41, 5.74) is 9.96. The number of rotatable bonds is 4. The Morgan fingerprint density at radius 1 is 1.35 bits per heavy atom. The molecule has 0 aromatic heterocycles. The van der Waals surface area contributed by atoms with E-state index >= 15 is 0 Å². The zero-order valence-electron chi connectivity index (χ0n) is 12.8. The Kier molecular flexibility index (Phi) is 3.93. The Bertz CT molecular complexity index is 521. The van der Waals surface area contributed by atoms with Crippen molar-refractivity contribution in [2.45, 2.75) is 40.5 Å². The molecule has 4 N–H and O–H groups in total. The summed E-state index contributed by atoms with van der Waals surface area (Å²) in [5.74, 6) is 0.657. The highest BCUT2D eigenvalue weighted by atomic mass is 16.1. The smallest absolute Gasteiger partial charge is 0.224 e. The molecule has 0 radical (unpaired) electrons. The van der Waals surface area contributed by atoms with E-state index in [0.717, 1.165) is 35.6 Å². The number of fused-ring (bicyclic) bond motifs is 1. The number of amides is 1. The lowest BCUT2D eigenvalue weighted by Crippen LogP contribution is -2.29. The first-order valence-corrected chi connectivity index (χ1v) is 7.26. The predicted molar refractivity (Wildman–Crippen MR) is 84.9 cm³/mol. The van der Waals surface area contributed by atoms with Gasteiger partial charge in [0.15, 0.2) is 0 Å². The minimum absolute atomic E-state index is 0.0794. The van der Waals surface area contributed by atoms with E-state index in [2.05, 4.69) is 38.3 Å². The molecule has 0 bridgehead atoms. The van der Waals surface area contributed by atoms with Crippen LogP contribution in [0.4, 0.5) is 17.1 Å². The van der Waals surface area contributed by atoms with Crippen molar-refractivity contribution < 1.29 is 4.79 Å². The van der Waals surface area contributed by atoms with Crippen molar-refractivity contribution in [3.63, 3.8) is 0 Å². The highest BCUT2D eigenvalue weighted by Gasteiger charge is 2.23. The summed E-state index contributed by atoms with van der Waals surface area (Å²) >= 11 is 0. The van der Waals surface area contributed by atoms with Crippen LogP contribution >= 0.6 is 0 Å². The number of nitrogens with two attached hydrogens (primary N) is 1. The van der Waals surface area contributed by atoms with Gasteiger partial charge in [-0.3, -0.25) is 4.79 Å². The van der Waals surface area contributed by atoms with E-state index < -0.39 is 0 Å². The van der Waals surface area contributed by atoms with Gasteiger partial charge in [-0.15, -0.1) is 0 Å². The fourth-order valence-corrected chi connectivity index (χ4v) is 2.13. The fraction of sp³-hybridized carbons (Fsp3) is 0.562. The van der Waals surface area contributed by atoms with E-state index in [9.17, 15) is 4.79 Å². The molecule has 0 spiro atoms. The molecule has 0 saturated carbocycles. The Morgan fingerprint density at radius 3 is 2.70 bits per heavy atom. The van der Waals surface area contributed by atoms with Gasteiger partial charge in [-0.25, -0.2) is 0 Å². The van der Waals surface area contributed by atoms with Gasteiger partial charge in [0.05, 0.1) is 11.4 Å². The lowest BCUT2D eigenvalue weighted by Gasteiger charge is -2.30. The fourth-order valence-electron chi connectivity index (χ4n) is 2.13. The first kappa shape index (κ1) is 14.7. The van der Waals surface area contributed by atoms with Crippen molar-refractivity contribution >= 4 is 23.0 Å². The third-order valence-corrected chi connectivity index (χ3v) is 4.47. The summed E-state index contributed by atoms with van der Waals surface area (Å²) in [4.78, 5) is 11.5. The zero-order chi connectivity index (χ0) is 14.9. The standard InChI is InChI=1S/C16H25N3O/c1-10(2)16(3,4)9-18-14-8-13-11(7-12(14)17)5-6-15(20)19-13/h7-8,10,18H,5-6,9,17H2,1-4H3,(H,19,20). The van der Waals surface area contributed by atoms with Crippen LogP contribution in [0.3, 0.4) is 0 Å². The van der Waals surface area contributed by atoms with Crippen LogP contribution in [-0.2, 0) is 11.2 Å². The predicted octanol–water partition coefficient (Wildman–Crippen LogP) is 3.25. The van der Waals surface area contributed by atoms with Crippen LogP contribution in [0.2, 0.25) is 0 Å². The van der Waals surface area contributed by atoms with Gasteiger partial charge in [0.2, 0.25) is 5.91 Å². The highest BCUT2D eigenvalue weighted by molar-refractivity contribution is 5.95.